The lowest BCUT2D eigenvalue weighted by molar-refractivity contribution is -0.137. The topological polar surface area (TPSA) is 57.5 Å². The summed E-state index contributed by atoms with van der Waals surface area (Å²) < 4.78 is 27.2. The maximum Gasteiger partial charge on any atom is 0.303 e. The highest BCUT2D eigenvalue weighted by Crippen LogP contribution is 2.46. The van der Waals surface area contributed by atoms with E-state index in [4.69, 9.17) is 5.11 Å². The average molecular weight is 242 g/mol. The van der Waals surface area contributed by atoms with Crippen LogP contribution in [0.1, 0.15) is 30.7 Å². The third kappa shape index (κ3) is 2.38. The number of phenols is 1. The molecule has 1 aliphatic carbocycles. The Morgan fingerprint density at radius 2 is 2.06 bits per heavy atom. The Labute approximate surface area is 96.7 Å². The molecule has 0 aliphatic heterocycles. The second-order valence-electron chi connectivity index (χ2n) is 4.34. The molecule has 1 saturated carbocycles. The first-order valence-electron chi connectivity index (χ1n) is 5.39. The molecule has 1 aliphatic rings. The van der Waals surface area contributed by atoms with Crippen LogP contribution in [0.25, 0.3) is 0 Å². The first kappa shape index (κ1) is 11.8. The third-order valence-corrected chi connectivity index (χ3v) is 3.06. The Balaban J connectivity index is 2.41. The summed E-state index contributed by atoms with van der Waals surface area (Å²) in [5, 5.41) is 18.0. The quantitative estimate of drug-likeness (QED) is 0.853. The Kier molecular flexibility index (Phi) is 3.00. The fourth-order valence-electron chi connectivity index (χ4n) is 2.09. The molecule has 1 atom stereocenters. The van der Waals surface area contributed by atoms with E-state index < -0.39 is 29.3 Å². The van der Waals surface area contributed by atoms with E-state index in [0.717, 1.165) is 25.0 Å². The maximum absolute atomic E-state index is 13.7. The van der Waals surface area contributed by atoms with E-state index in [1.165, 1.54) is 0 Å². The number of benzene rings is 1. The van der Waals surface area contributed by atoms with Gasteiger partial charge in [0.1, 0.15) is 5.82 Å². The van der Waals surface area contributed by atoms with E-state index in [9.17, 15) is 18.7 Å². The van der Waals surface area contributed by atoms with Gasteiger partial charge in [-0.1, -0.05) is 0 Å². The zero-order chi connectivity index (χ0) is 12.6. The fraction of sp³-hybridized carbons (Fsp3) is 0.417. The zero-order valence-electron chi connectivity index (χ0n) is 8.99. The third-order valence-electron chi connectivity index (χ3n) is 3.06. The van der Waals surface area contributed by atoms with Gasteiger partial charge in [-0.15, -0.1) is 0 Å². The number of phenolic OH excluding ortho intramolecular Hbond substituents is 1. The number of halogens is 2. The van der Waals surface area contributed by atoms with Gasteiger partial charge in [0.2, 0.25) is 0 Å². The van der Waals surface area contributed by atoms with Gasteiger partial charge in [-0.3, -0.25) is 4.79 Å². The van der Waals surface area contributed by atoms with E-state index in [1.807, 2.05) is 0 Å². The Bertz CT molecular complexity index is 455. The number of carboxylic acids is 1. The largest absolute Gasteiger partial charge is 0.505 e. The van der Waals surface area contributed by atoms with Crippen molar-refractivity contribution in [2.24, 2.45) is 5.92 Å². The van der Waals surface area contributed by atoms with Gasteiger partial charge in [0.25, 0.3) is 0 Å². The molecule has 17 heavy (non-hydrogen) atoms. The van der Waals surface area contributed by atoms with Crippen molar-refractivity contribution in [1.82, 2.24) is 0 Å². The molecule has 92 valence electrons. The molecular formula is C12H12F2O3. The summed E-state index contributed by atoms with van der Waals surface area (Å²) in [7, 11) is 0. The molecule has 2 N–H and O–H groups in total. The number of carboxylic acid groups (broad SMARTS) is 1. The molecule has 1 fully saturated rings. The van der Waals surface area contributed by atoms with Crippen LogP contribution in [-0.4, -0.2) is 16.2 Å². The first-order valence-corrected chi connectivity index (χ1v) is 5.39. The molecule has 3 nitrogen and oxygen atoms in total. The molecule has 1 unspecified atom stereocenters. The van der Waals surface area contributed by atoms with Crippen LogP contribution >= 0.6 is 0 Å². The summed E-state index contributed by atoms with van der Waals surface area (Å²) in [4.78, 5) is 10.7. The van der Waals surface area contributed by atoms with Gasteiger partial charge in [0, 0.05) is 11.5 Å². The van der Waals surface area contributed by atoms with Crippen LogP contribution in [0.5, 0.6) is 5.75 Å². The number of rotatable bonds is 4. The highest BCUT2D eigenvalue weighted by molar-refractivity contribution is 5.68. The second kappa shape index (κ2) is 4.31. The molecule has 0 radical (unpaired) electrons. The van der Waals surface area contributed by atoms with E-state index >= 15 is 0 Å². The van der Waals surface area contributed by atoms with Gasteiger partial charge in [0.15, 0.2) is 11.6 Å². The van der Waals surface area contributed by atoms with Gasteiger partial charge >= 0.3 is 5.97 Å². The van der Waals surface area contributed by atoms with Gasteiger partial charge in [0.05, 0.1) is 6.42 Å². The van der Waals surface area contributed by atoms with Crippen LogP contribution in [0.4, 0.5) is 8.78 Å². The van der Waals surface area contributed by atoms with Crippen molar-refractivity contribution in [2.75, 3.05) is 0 Å². The smallest absolute Gasteiger partial charge is 0.303 e. The summed E-state index contributed by atoms with van der Waals surface area (Å²) in [5.41, 5.74) is -0.296. The minimum Gasteiger partial charge on any atom is -0.505 e. The fourth-order valence-corrected chi connectivity index (χ4v) is 2.09. The van der Waals surface area contributed by atoms with Gasteiger partial charge in [-0.25, -0.2) is 8.78 Å². The molecule has 0 heterocycles. The SMILES string of the molecule is O=C(O)CC(c1c(F)ccc(O)c1F)C1CC1. The molecule has 2 rings (SSSR count). The Morgan fingerprint density at radius 1 is 1.41 bits per heavy atom. The number of aliphatic carboxylic acids is 1. The summed E-state index contributed by atoms with van der Waals surface area (Å²) in [6.45, 7) is 0. The summed E-state index contributed by atoms with van der Waals surface area (Å²) in [5.74, 6) is -4.26. The highest BCUT2D eigenvalue weighted by Gasteiger charge is 2.37. The maximum atomic E-state index is 13.7. The Hall–Kier alpha value is -1.65. The van der Waals surface area contributed by atoms with Crippen LogP contribution in [0.2, 0.25) is 0 Å². The summed E-state index contributed by atoms with van der Waals surface area (Å²) in [6.07, 6.45) is 1.22. The molecule has 0 bridgehead atoms. The van der Waals surface area contributed by atoms with Crippen molar-refractivity contribution < 1.29 is 23.8 Å². The van der Waals surface area contributed by atoms with E-state index in [1.54, 1.807) is 0 Å². The van der Waals surface area contributed by atoms with Crippen molar-refractivity contribution in [2.45, 2.75) is 25.2 Å². The molecule has 0 amide bonds. The standard InChI is InChI=1S/C12H12F2O3/c13-8-3-4-9(15)12(14)11(8)7(5-10(16)17)6-1-2-6/h3-4,6-7,15H,1-2,5H2,(H,16,17). The lowest BCUT2D eigenvalue weighted by Crippen LogP contribution is -2.12. The molecule has 0 saturated heterocycles. The second-order valence-corrected chi connectivity index (χ2v) is 4.34. The molecule has 0 aromatic heterocycles. The van der Waals surface area contributed by atoms with Gasteiger partial charge < -0.3 is 10.2 Å². The predicted molar refractivity (Wildman–Crippen MR) is 55.7 cm³/mol. The first-order chi connectivity index (χ1) is 8.00. The zero-order valence-corrected chi connectivity index (χ0v) is 8.99. The Morgan fingerprint density at radius 3 is 2.59 bits per heavy atom. The average Bonchev–Trinajstić information content (AvgIpc) is 3.06. The number of carbonyl (C=O) groups is 1. The molecular weight excluding hydrogens is 230 g/mol. The number of aromatic hydroxyl groups is 1. The lowest BCUT2D eigenvalue weighted by atomic mass is 9.90. The van der Waals surface area contributed by atoms with Crippen LogP contribution in [0, 0.1) is 17.6 Å². The van der Waals surface area contributed by atoms with Crippen LogP contribution < -0.4 is 0 Å². The monoisotopic (exact) mass is 242 g/mol. The van der Waals surface area contributed by atoms with Crippen molar-refractivity contribution in [3.63, 3.8) is 0 Å². The normalized spacial score (nSPS) is 16.8. The molecule has 0 spiro atoms. The summed E-state index contributed by atoms with van der Waals surface area (Å²) in [6, 6.07) is 1.89. The van der Waals surface area contributed by atoms with Crippen molar-refractivity contribution in [3.8, 4) is 5.75 Å². The van der Waals surface area contributed by atoms with Crippen LogP contribution in [0.3, 0.4) is 0 Å². The number of hydrogen-bond acceptors (Lipinski definition) is 2. The van der Waals surface area contributed by atoms with Crippen molar-refractivity contribution in [3.05, 3.63) is 29.3 Å². The molecule has 1 aromatic carbocycles. The van der Waals surface area contributed by atoms with E-state index in [0.29, 0.717) is 0 Å². The van der Waals surface area contributed by atoms with Crippen molar-refractivity contribution in [1.29, 1.82) is 0 Å². The van der Waals surface area contributed by atoms with E-state index in [2.05, 4.69) is 0 Å². The predicted octanol–water partition coefficient (Wildman–Crippen LogP) is 2.64. The highest BCUT2D eigenvalue weighted by atomic mass is 19.1. The van der Waals surface area contributed by atoms with Crippen molar-refractivity contribution >= 4 is 5.97 Å². The minimum atomic E-state index is -1.09. The molecule has 5 heteroatoms. The van der Waals surface area contributed by atoms with Gasteiger partial charge in [-0.05, 0) is 30.9 Å². The van der Waals surface area contributed by atoms with E-state index in [-0.39, 0.29) is 17.9 Å². The van der Waals surface area contributed by atoms with Gasteiger partial charge in [-0.2, -0.15) is 0 Å². The molecule has 1 aromatic rings. The number of hydrogen-bond donors (Lipinski definition) is 2. The van der Waals surface area contributed by atoms with Crippen LogP contribution in [-0.2, 0) is 4.79 Å². The summed E-state index contributed by atoms with van der Waals surface area (Å²) >= 11 is 0. The van der Waals surface area contributed by atoms with Crippen LogP contribution in [0.15, 0.2) is 12.1 Å². The minimum absolute atomic E-state index is 0.00287. The lowest BCUT2D eigenvalue weighted by Gasteiger charge is -2.16.